The zero-order chi connectivity index (χ0) is 20.5. The van der Waals surface area contributed by atoms with E-state index in [1.165, 1.54) is 11.3 Å². The molecular formula is C22H28NO5S-. The van der Waals surface area contributed by atoms with Gasteiger partial charge in [-0.05, 0) is 68.8 Å². The predicted molar refractivity (Wildman–Crippen MR) is 108 cm³/mol. The molecule has 0 spiro atoms. The van der Waals surface area contributed by atoms with Crippen LogP contribution in [0.3, 0.4) is 0 Å². The summed E-state index contributed by atoms with van der Waals surface area (Å²) in [5.41, 5.74) is 1.49. The second kappa shape index (κ2) is 8.46. The second-order valence-corrected chi connectivity index (χ2v) is 9.70. The van der Waals surface area contributed by atoms with E-state index in [-0.39, 0.29) is 23.7 Å². The number of fused-ring (bicyclic) bond motifs is 3. The fraction of sp³-hybridized carbons (Fsp3) is 0.682. The first-order valence-corrected chi connectivity index (χ1v) is 11.7. The van der Waals surface area contributed by atoms with E-state index in [4.69, 9.17) is 4.74 Å². The average molecular weight is 419 g/mol. The zero-order valence-corrected chi connectivity index (χ0v) is 17.6. The van der Waals surface area contributed by atoms with Gasteiger partial charge in [0.05, 0.1) is 12.2 Å². The Morgan fingerprint density at radius 3 is 2.59 bits per heavy atom. The lowest BCUT2D eigenvalue weighted by atomic mass is 9.78. The SMILES string of the molecule is CCCCOC(=O)c1c(NC(=O)[C@@H]2[C@H]3CC[C@H](C3)[C@H]2C(=O)[O-])sc2c1CCCC2. The van der Waals surface area contributed by atoms with Crippen molar-refractivity contribution in [2.75, 3.05) is 11.9 Å². The van der Waals surface area contributed by atoms with Crippen molar-refractivity contribution in [3.63, 3.8) is 0 Å². The van der Waals surface area contributed by atoms with Crippen LogP contribution >= 0.6 is 11.3 Å². The molecule has 2 saturated carbocycles. The fourth-order valence-electron chi connectivity index (χ4n) is 5.45. The number of carboxylic acids is 1. The molecule has 1 aromatic heterocycles. The van der Waals surface area contributed by atoms with E-state index in [9.17, 15) is 19.5 Å². The van der Waals surface area contributed by atoms with Gasteiger partial charge in [0, 0.05) is 22.7 Å². The summed E-state index contributed by atoms with van der Waals surface area (Å²) in [6.45, 7) is 2.40. The third kappa shape index (κ3) is 3.81. The standard InChI is InChI=1S/C22H29NO5S/c1-2-3-10-28-22(27)18-14-6-4-5-7-15(14)29-20(18)23-19(24)16-12-8-9-13(11-12)17(16)21(25)26/h12-13,16-17H,2-11H2,1H3,(H,23,24)(H,25,26)/p-1/t12-,13+,16+,17+/m0/s1. The van der Waals surface area contributed by atoms with Crippen molar-refractivity contribution in [2.24, 2.45) is 23.7 Å². The maximum absolute atomic E-state index is 13.1. The van der Waals surface area contributed by atoms with Crippen LogP contribution in [0, 0.1) is 23.7 Å². The summed E-state index contributed by atoms with van der Waals surface area (Å²) in [7, 11) is 0. The van der Waals surface area contributed by atoms with E-state index in [1.807, 2.05) is 6.92 Å². The Hall–Kier alpha value is -1.89. The Labute approximate surface area is 175 Å². The maximum Gasteiger partial charge on any atom is 0.341 e. The molecule has 29 heavy (non-hydrogen) atoms. The summed E-state index contributed by atoms with van der Waals surface area (Å²) in [5, 5.41) is 15.1. The molecule has 1 amide bonds. The highest BCUT2D eigenvalue weighted by molar-refractivity contribution is 7.17. The molecule has 4 atom stereocenters. The van der Waals surface area contributed by atoms with Crippen LogP contribution in [-0.4, -0.2) is 24.5 Å². The lowest BCUT2D eigenvalue weighted by molar-refractivity contribution is -0.314. The third-order valence-corrected chi connectivity index (χ3v) is 8.04. The summed E-state index contributed by atoms with van der Waals surface area (Å²) >= 11 is 1.45. The first-order valence-electron chi connectivity index (χ1n) is 10.8. The first kappa shape index (κ1) is 20.4. The molecule has 0 aromatic carbocycles. The highest BCUT2D eigenvalue weighted by Gasteiger charge is 2.51. The Morgan fingerprint density at radius 2 is 1.86 bits per heavy atom. The van der Waals surface area contributed by atoms with Crippen LogP contribution in [0.15, 0.2) is 0 Å². The van der Waals surface area contributed by atoms with Crippen LogP contribution in [0.2, 0.25) is 0 Å². The average Bonchev–Trinajstić information content (AvgIpc) is 3.40. The van der Waals surface area contributed by atoms with Gasteiger partial charge in [-0.1, -0.05) is 13.3 Å². The van der Waals surface area contributed by atoms with E-state index in [0.717, 1.165) is 68.2 Å². The third-order valence-electron chi connectivity index (χ3n) is 6.83. The lowest BCUT2D eigenvalue weighted by Crippen LogP contribution is -2.44. The Balaban J connectivity index is 1.58. The van der Waals surface area contributed by atoms with Crippen molar-refractivity contribution in [3.8, 4) is 0 Å². The quantitative estimate of drug-likeness (QED) is 0.543. The largest absolute Gasteiger partial charge is 0.550 e. The molecule has 0 aliphatic heterocycles. The molecule has 0 radical (unpaired) electrons. The first-order chi connectivity index (χ1) is 14.0. The number of carbonyl (C=O) groups is 3. The number of esters is 1. The number of thiophene rings is 1. The molecule has 7 heteroatoms. The number of nitrogens with one attached hydrogen (secondary N) is 1. The minimum Gasteiger partial charge on any atom is -0.550 e. The molecule has 158 valence electrons. The van der Waals surface area contributed by atoms with Crippen LogP contribution in [-0.2, 0) is 27.2 Å². The normalized spacial score (nSPS) is 27.5. The number of carbonyl (C=O) groups excluding carboxylic acids is 3. The van der Waals surface area contributed by atoms with Crippen LogP contribution in [0.1, 0.15) is 72.7 Å². The molecule has 1 N–H and O–H groups in total. The van der Waals surface area contributed by atoms with Crippen LogP contribution in [0.25, 0.3) is 0 Å². The van der Waals surface area contributed by atoms with Gasteiger partial charge in [-0.25, -0.2) is 4.79 Å². The van der Waals surface area contributed by atoms with Gasteiger partial charge >= 0.3 is 5.97 Å². The molecule has 3 aliphatic carbocycles. The van der Waals surface area contributed by atoms with E-state index in [1.54, 1.807) is 0 Å². The maximum atomic E-state index is 13.1. The van der Waals surface area contributed by atoms with E-state index >= 15 is 0 Å². The summed E-state index contributed by atoms with van der Waals surface area (Å²) in [4.78, 5) is 38.7. The molecule has 4 rings (SSSR count). The minimum atomic E-state index is -1.12. The minimum absolute atomic E-state index is 0.0378. The number of ether oxygens (including phenoxy) is 1. The number of hydrogen-bond donors (Lipinski definition) is 1. The van der Waals surface area contributed by atoms with E-state index < -0.39 is 17.8 Å². The van der Waals surface area contributed by atoms with Crippen molar-refractivity contribution >= 4 is 34.2 Å². The Kier molecular flexibility index (Phi) is 5.95. The number of anilines is 1. The molecular weight excluding hydrogens is 390 g/mol. The van der Waals surface area contributed by atoms with Gasteiger partial charge in [0.1, 0.15) is 5.00 Å². The predicted octanol–water partition coefficient (Wildman–Crippen LogP) is 2.93. The molecule has 3 aliphatic rings. The Bertz CT molecular complexity index is 816. The molecule has 6 nitrogen and oxygen atoms in total. The lowest BCUT2D eigenvalue weighted by Gasteiger charge is -2.30. The number of aliphatic carboxylic acids is 1. The number of amides is 1. The Morgan fingerprint density at radius 1 is 1.14 bits per heavy atom. The topological polar surface area (TPSA) is 95.5 Å². The fourth-order valence-corrected chi connectivity index (χ4v) is 6.73. The van der Waals surface area contributed by atoms with Crippen LogP contribution < -0.4 is 10.4 Å². The summed E-state index contributed by atoms with van der Waals surface area (Å²) in [6, 6.07) is 0. The van der Waals surface area contributed by atoms with Crippen molar-refractivity contribution in [1.82, 2.24) is 0 Å². The number of carboxylic acid groups (broad SMARTS) is 1. The van der Waals surface area contributed by atoms with Gasteiger partial charge in [0.25, 0.3) is 0 Å². The van der Waals surface area contributed by atoms with Crippen LogP contribution in [0.4, 0.5) is 5.00 Å². The van der Waals surface area contributed by atoms with Gasteiger partial charge in [-0.2, -0.15) is 0 Å². The molecule has 2 bridgehead atoms. The van der Waals surface area contributed by atoms with Crippen molar-refractivity contribution < 1.29 is 24.2 Å². The molecule has 1 heterocycles. The monoisotopic (exact) mass is 418 g/mol. The van der Waals surface area contributed by atoms with Gasteiger partial charge in [0.2, 0.25) is 5.91 Å². The number of hydrogen-bond acceptors (Lipinski definition) is 6. The zero-order valence-electron chi connectivity index (χ0n) is 16.8. The summed E-state index contributed by atoms with van der Waals surface area (Å²) < 4.78 is 5.46. The van der Waals surface area contributed by atoms with Gasteiger partial charge in [0.15, 0.2) is 0 Å². The van der Waals surface area contributed by atoms with E-state index in [0.29, 0.717) is 17.2 Å². The second-order valence-electron chi connectivity index (χ2n) is 8.60. The van der Waals surface area contributed by atoms with Gasteiger partial charge in [-0.3, -0.25) is 4.79 Å². The van der Waals surface area contributed by atoms with Gasteiger partial charge in [-0.15, -0.1) is 11.3 Å². The molecule has 1 aromatic rings. The van der Waals surface area contributed by atoms with E-state index in [2.05, 4.69) is 5.32 Å². The summed E-state index contributed by atoms with van der Waals surface area (Å²) in [6.07, 6.45) is 8.08. The van der Waals surface area contributed by atoms with Crippen LogP contribution in [0.5, 0.6) is 0 Å². The molecule has 0 saturated heterocycles. The highest BCUT2D eigenvalue weighted by Crippen LogP contribution is 2.52. The molecule has 0 unspecified atom stereocenters. The summed E-state index contributed by atoms with van der Waals surface area (Å²) in [5.74, 6) is -2.94. The van der Waals surface area contributed by atoms with Crippen molar-refractivity contribution in [2.45, 2.75) is 64.7 Å². The number of aryl methyl sites for hydroxylation is 1. The van der Waals surface area contributed by atoms with Crippen molar-refractivity contribution in [3.05, 3.63) is 16.0 Å². The number of unbranched alkanes of at least 4 members (excludes halogenated alkanes) is 1. The smallest absolute Gasteiger partial charge is 0.341 e. The highest BCUT2D eigenvalue weighted by atomic mass is 32.1. The van der Waals surface area contributed by atoms with Crippen molar-refractivity contribution in [1.29, 1.82) is 0 Å². The van der Waals surface area contributed by atoms with Gasteiger partial charge < -0.3 is 20.0 Å². The number of rotatable bonds is 7. The molecule has 2 fully saturated rings.